The normalized spacial score (nSPS) is 11.1. The van der Waals surface area contributed by atoms with Crippen molar-refractivity contribution >= 4 is 5.91 Å². The molecule has 0 saturated carbocycles. The van der Waals surface area contributed by atoms with Crippen LogP contribution in [-0.2, 0) is 11.2 Å². The van der Waals surface area contributed by atoms with Gasteiger partial charge in [-0.15, -0.1) is 13.2 Å². The Kier molecular flexibility index (Phi) is 4.37. The van der Waals surface area contributed by atoms with Crippen LogP contribution in [0.15, 0.2) is 24.3 Å². The summed E-state index contributed by atoms with van der Waals surface area (Å²) in [4.78, 5) is 11.2. The molecule has 1 N–H and O–H groups in total. The van der Waals surface area contributed by atoms with Crippen LogP contribution in [0.3, 0.4) is 0 Å². The number of halogens is 3. The Bertz CT molecular complexity index is 373. The van der Waals surface area contributed by atoms with Crippen LogP contribution >= 0.6 is 0 Å². The Morgan fingerprint density at radius 2 is 1.88 bits per heavy atom. The molecule has 1 amide bonds. The van der Waals surface area contributed by atoms with Crippen LogP contribution in [-0.4, -0.2) is 18.8 Å². The Labute approximate surface area is 96.6 Å². The van der Waals surface area contributed by atoms with Crippen LogP contribution in [0.5, 0.6) is 5.75 Å². The number of alkyl halides is 3. The third kappa shape index (κ3) is 5.24. The van der Waals surface area contributed by atoms with Crippen molar-refractivity contribution in [2.45, 2.75) is 19.7 Å². The van der Waals surface area contributed by atoms with Crippen LogP contribution in [0, 0.1) is 0 Å². The molecule has 0 aromatic heterocycles. The van der Waals surface area contributed by atoms with Crippen molar-refractivity contribution in [2.24, 2.45) is 0 Å². The number of amides is 1. The molecule has 17 heavy (non-hydrogen) atoms. The first kappa shape index (κ1) is 13.3. The van der Waals surface area contributed by atoms with E-state index in [1.54, 1.807) is 6.92 Å². The molecule has 0 heterocycles. The molecule has 0 bridgehead atoms. The Balaban J connectivity index is 2.59. The molecule has 1 rings (SSSR count). The second-order valence-electron chi connectivity index (χ2n) is 3.32. The topological polar surface area (TPSA) is 38.3 Å². The maximum atomic E-state index is 11.9. The van der Waals surface area contributed by atoms with E-state index in [9.17, 15) is 18.0 Å². The maximum Gasteiger partial charge on any atom is 0.573 e. The van der Waals surface area contributed by atoms with Crippen molar-refractivity contribution in [3.8, 4) is 5.75 Å². The van der Waals surface area contributed by atoms with Gasteiger partial charge in [-0.3, -0.25) is 4.79 Å². The number of rotatable bonds is 4. The van der Waals surface area contributed by atoms with Crippen molar-refractivity contribution in [1.29, 1.82) is 0 Å². The number of hydrogen-bond acceptors (Lipinski definition) is 2. The SMILES string of the molecule is CCNC(=O)Cc1ccc(OC(F)(F)F)cc1. The molecule has 0 saturated heterocycles. The van der Waals surface area contributed by atoms with Gasteiger partial charge in [-0.1, -0.05) is 12.1 Å². The second-order valence-corrected chi connectivity index (χ2v) is 3.32. The molecule has 94 valence electrons. The summed E-state index contributed by atoms with van der Waals surface area (Å²) in [5, 5.41) is 2.60. The molecule has 0 aliphatic heterocycles. The quantitative estimate of drug-likeness (QED) is 0.886. The predicted molar refractivity (Wildman–Crippen MR) is 55.5 cm³/mol. The van der Waals surface area contributed by atoms with Crippen LogP contribution in [0.1, 0.15) is 12.5 Å². The van der Waals surface area contributed by atoms with Gasteiger partial charge in [-0.05, 0) is 24.6 Å². The van der Waals surface area contributed by atoms with Gasteiger partial charge in [0.25, 0.3) is 0 Å². The summed E-state index contributed by atoms with van der Waals surface area (Å²) in [5.41, 5.74) is 0.630. The van der Waals surface area contributed by atoms with E-state index in [2.05, 4.69) is 10.1 Å². The third-order valence-corrected chi connectivity index (χ3v) is 1.90. The van der Waals surface area contributed by atoms with E-state index >= 15 is 0 Å². The van der Waals surface area contributed by atoms with Gasteiger partial charge in [0.15, 0.2) is 0 Å². The van der Waals surface area contributed by atoms with E-state index in [1.807, 2.05) is 0 Å². The minimum atomic E-state index is -4.69. The maximum absolute atomic E-state index is 11.9. The summed E-state index contributed by atoms with van der Waals surface area (Å²) in [6.07, 6.45) is -4.55. The van der Waals surface area contributed by atoms with Crippen molar-refractivity contribution in [2.75, 3.05) is 6.54 Å². The zero-order valence-corrected chi connectivity index (χ0v) is 9.17. The highest BCUT2D eigenvalue weighted by Gasteiger charge is 2.30. The molecule has 1 aromatic carbocycles. The van der Waals surface area contributed by atoms with E-state index in [-0.39, 0.29) is 18.1 Å². The van der Waals surface area contributed by atoms with Gasteiger partial charge in [0.05, 0.1) is 6.42 Å². The van der Waals surface area contributed by atoms with Gasteiger partial charge in [0.2, 0.25) is 5.91 Å². The summed E-state index contributed by atoms with van der Waals surface area (Å²) in [6, 6.07) is 5.22. The number of carbonyl (C=O) groups excluding carboxylic acids is 1. The van der Waals surface area contributed by atoms with E-state index in [0.29, 0.717) is 12.1 Å². The fourth-order valence-corrected chi connectivity index (χ4v) is 1.25. The highest BCUT2D eigenvalue weighted by Crippen LogP contribution is 2.22. The molecule has 1 aromatic rings. The molecule has 6 heteroatoms. The van der Waals surface area contributed by atoms with Crippen LogP contribution < -0.4 is 10.1 Å². The number of nitrogens with one attached hydrogen (secondary N) is 1. The average molecular weight is 247 g/mol. The van der Waals surface area contributed by atoms with Gasteiger partial charge in [-0.25, -0.2) is 0 Å². The summed E-state index contributed by atoms with van der Waals surface area (Å²) in [6.45, 7) is 2.31. The molecular formula is C11H12F3NO2. The van der Waals surface area contributed by atoms with Crippen LogP contribution in [0.2, 0.25) is 0 Å². The average Bonchev–Trinajstić information content (AvgIpc) is 2.19. The van der Waals surface area contributed by atoms with Gasteiger partial charge in [0, 0.05) is 6.54 Å². The lowest BCUT2D eigenvalue weighted by molar-refractivity contribution is -0.274. The Hall–Kier alpha value is -1.72. The summed E-state index contributed by atoms with van der Waals surface area (Å²) in [7, 11) is 0. The standard InChI is InChI=1S/C11H12F3NO2/c1-2-15-10(16)7-8-3-5-9(6-4-8)17-11(12,13)14/h3-6H,2,7H2,1H3,(H,15,16). The highest BCUT2D eigenvalue weighted by atomic mass is 19.4. The molecule has 3 nitrogen and oxygen atoms in total. The van der Waals surface area contributed by atoms with Gasteiger partial charge in [0.1, 0.15) is 5.75 Å². The minimum Gasteiger partial charge on any atom is -0.406 e. The smallest absolute Gasteiger partial charge is 0.406 e. The lowest BCUT2D eigenvalue weighted by Crippen LogP contribution is -2.24. The zero-order chi connectivity index (χ0) is 12.9. The van der Waals surface area contributed by atoms with Crippen LogP contribution in [0.25, 0.3) is 0 Å². The van der Waals surface area contributed by atoms with Crippen molar-refractivity contribution in [1.82, 2.24) is 5.32 Å². The number of hydrogen-bond donors (Lipinski definition) is 1. The fraction of sp³-hybridized carbons (Fsp3) is 0.364. The molecular weight excluding hydrogens is 235 g/mol. The molecule has 0 aliphatic rings. The first-order valence-corrected chi connectivity index (χ1v) is 5.02. The third-order valence-electron chi connectivity index (χ3n) is 1.90. The van der Waals surface area contributed by atoms with Gasteiger partial charge >= 0.3 is 6.36 Å². The summed E-state index contributed by atoms with van der Waals surface area (Å²) < 4.78 is 39.3. The first-order valence-electron chi connectivity index (χ1n) is 5.02. The number of ether oxygens (including phenoxy) is 1. The molecule has 0 spiro atoms. The van der Waals surface area contributed by atoms with E-state index in [1.165, 1.54) is 24.3 Å². The molecule has 0 aliphatic carbocycles. The first-order chi connectivity index (χ1) is 7.90. The predicted octanol–water partition coefficient (Wildman–Crippen LogP) is 2.26. The lowest BCUT2D eigenvalue weighted by atomic mass is 10.1. The number of benzene rings is 1. The largest absolute Gasteiger partial charge is 0.573 e. The summed E-state index contributed by atoms with van der Waals surface area (Å²) >= 11 is 0. The lowest BCUT2D eigenvalue weighted by Gasteiger charge is -2.09. The van der Waals surface area contributed by atoms with Gasteiger partial charge in [-0.2, -0.15) is 0 Å². The van der Waals surface area contributed by atoms with E-state index in [0.717, 1.165) is 0 Å². The molecule has 0 fully saturated rings. The molecule has 0 atom stereocenters. The Morgan fingerprint density at radius 1 is 1.29 bits per heavy atom. The van der Waals surface area contributed by atoms with Crippen LogP contribution in [0.4, 0.5) is 13.2 Å². The van der Waals surface area contributed by atoms with Crippen molar-refractivity contribution in [3.05, 3.63) is 29.8 Å². The van der Waals surface area contributed by atoms with Crippen molar-refractivity contribution in [3.63, 3.8) is 0 Å². The summed E-state index contributed by atoms with van der Waals surface area (Å²) in [5.74, 6) is -0.464. The monoisotopic (exact) mass is 247 g/mol. The van der Waals surface area contributed by atoms with Crippen molar-refractivity contribution < 1.29 is 22.7 Å². The highest BCUT2D eigenvalue weighted by molar-refractivity contribution is 5.78. The van der Waals surface area contributed by atoms with Gasteiger partial charge < -0.3 is 10.1 Å². The number of carbonyl (C=O) groups is 1. The number of likely N-dealkylation sites (N-methyl/N-ethyl adjacent to an activating group) is 1. The van der Waals surface area contributed by atoms with E-state index < -0.39 is 6.36 Å². The molecule has 0 unspecified atom stereocenters. The Morgan fingerprint density at radius 3 is 2.35 bits per heavy atom. The minimum absolute atomic E-state index is 0.139. The second kappa shape index (κ2) is 5.56. The molecule has 0 radical (unpaired) electrons. The fourth-order valence-electron chi connectivity index (χ4n) is 1.25. The zero-order valence-electron chi connectivity index (χ0n) is 9.17. The van der Waals surface area contributed by atoms with E-state index in [4.69, 9.17) is 0 Å².